The smallest absolute Gasteiger partial charge is 0.325 e. The molecule has 2 unspecified atom stereocenters. The molecule has 1 N–H and O–H groups in total. The van der Waals surface area contributed by atoms with E-state index in [1.54, 1.807) is 0 Å². The van der Waals surface area contributed by atoms with E-state index < -0.39 is 5.54 Å². The third kappa shape index (κ3) is 5.57. The molecule has 124 valence electrons. The number of carbonyl (C=O) groups is 1. The molecular formula is C16H32N2O3. The number of morpholine rings is 1. The Morgan fingerprint density at radius 3 is 2.62 bits per heavy atom. The Balaban J connectivity index is 2.66. The van der Waals surface area contributed by atoms with Crippen molar-refractivity contribution in [2.24, 2.45) is 0 Å². The molecule has 1 fully saturated rings. The van der Waals surface area contributed by atoms with Gasteiger partial charge in [0.05, 0.1) is 18.8 Å². The first-order valence-corrected chi connectivity index (χ1v) is 7.84. The molecule has 0 aromatic rings. The molecule has 2 atom stereocenters. The second-order valence-corrected chi connectivity index (χ2v) is 7.30. The van der Waals surface area contributed by atoms with E-state index in [4.69, 9.17) is 9.47 Å². The molecular weight excluding hydrogens is 268 g/mol. The van der Waals surface area contributed by atoms with Gasteiger partial charge in [0.2, 0.25) is 0 Å². The lowest BCUT2D eigenvalue weighted by Crippen LogP contribution is -2.57. The molecule has 0 aromatic carbocycles. The quantitative estimate of drug-likeness (QED) is 0.758. The zero-order valence-electron chi connectivity index (χ0n) is 14.7. The van der Waals surface area contributed by atoms with Crippen molar-refractivity contribution in [3.63, 3.8) is 0 Å². The van der Waals surface area contributed by atoms with E-state index in [2.05, 4.69) is 31.0 Å². The second-order valence-electron chi connectivity index (χ2n) is 7.30. The molecule has 5 heteroatoms. The highest BCUT2D eigenvalue weighted by molar-refractivity contribution is 5.80. The van der Waals surface area contributed by atoms with Crippen LogP contribution in [0.2, 0.25) is 0 Å². The third-order valence-electron chi connectivity index (χ3n) is 3.81. The molecule has 1 aliphatic heterocycles. The van der Waals surface area contributed by atoms with Gasteiger partial charge in [0.25, 0.3) is 0 Å². The van der Waals surface area contributed by atoms with E-state index in [0.717, 1.165) is 26.1 Å². The Labute approximate surface area is 129 Å². The molecule has 0 saturated carbocycles. The van der Waals surface area contributed by atoms with Crippen LogP contribution in [0, 0.1) is 0 Å². The third-order valence-corrected chi connectivity index (χ3v) is 3.81. The summed E-state index contributed by atoms with van der Waals surface area (Å²) in [6.07, 6.45) is 0.942. The van der Waals surface area contributed by atoms with Crippen molar-refractivity contribution in [3.05, 3.63) is 0 Å². The number of nitrogens with one attached hydrogen (secondary N) is 1. The minimum Gasteiger partial charge on any atom is -0.468 e. The topological polar surface area (TPSA) is 50.8 Å². The first-order chi connectivity index (χ1) is 9.58. The predicted molar refractivity (Wildman–Crippen MR) is 84.4 cm³/mol. The maximum absolute atomic E-state index is 12.1. The largest absolute Gasteiger partial charge is 0.468 e. The second kappa shape index (κ2) is 7.07. The highest BCUT2D eigenvalue weighted by atomic mass is 16.5. The molecule has 1 rings (SSSR count). The standard InChI is InChI=1S/C16H32N2O3/c1-12(2)17-16(6,14(19)20-7)8-9-18-10-13(3)21-15(4,5)11-18/h12-13,17H,8-11H2,1-7H3. The highest BCUT2D eigenvalue weighted by Gasteiger charge is 2.37. The van der Waals surface area contributed by atoms with Gasteiger partial charge in [-0.3, -0.25) is 15.0 Å². The Kier molecular flexibility index (Phi) is 6.20. The fourth-order valence-corrected chi connectivity index (χ4v) is 3.23. The summed E-state index contributed by atoms with van der Waals surface area (Å²) < 4.78 is 10.9. The molecule has 5 nitrogen and oxygen atoms in total. The number of nitrogens with zero attached hydrogens (tertiary/aromatic N) is 1. The number of hydrogen-bond donors (Lipinski definition) is 1. The van der Waals surface area contributed by atoms with Crippen LogP contribution in [0.25, 0.3) is 0 Å². The Morgan fingerprint density at radius 1 is 1.52 bits per heavy atom. The number of methoxy groups -OCH3 is 1. The summed E-state index contributed by atoms with van der Waals surface area (Å²) in [5, 5.41) is 3.35. The predicted octanol–water partition coefficient (Wildman–Crippen LogP) is 1.81. The lowest BCUT2D eigenvalue weighted by Gasteiger charge is -2.43. The Morgan fingerprint density at radius 2 is 2.14 bits per heavy atom. The van der Waals surface area contributed by atoms with Crippen molar-refractivity contribution in [1.29, 1.82) is 0 Å². The lowest BCUT2D eigenvalue weighted by atomic mass is 9.95. The van der Waals surface area contributed by atoms with E-state index in [1.807, 2.05) is 20.8 Å². The van der Waals surface area contributed by atoms with Gasteiger partial charge in [-0.2, -0.15) is 0 Å². The summed E-state index contributed by atoms with van der Waals surface area (Å²) in [5.74, 6) is -0.197. The van der Waals surface area contributed by atoms with Crippen molar-refractivity contribution in [2.45, 2.75) is 71.2 Å². The van der Waals surface area contributed by atoms with Gasteiger partial charge in [-0.05, 0) is 48.0 Å². The van der Waals surface area contributed by atoms with Crippen LogP contribution in [0.4, 0.5) is 0 Å². The van der Waals surface area contributed by atoms with E-state index in [0.29, 0.717) is 0 Å². The Hall–Kier alpha value is -0.650. The van der Waals surface area contributed by atoms with Crippen molar-refractivity contribution < 1.29 is 14.3 Å². The van der Waals surface area contributed by atoms with Crippen LogP contribution in [0.5, 0.6) is 0 Å². The molecule has 0 spiro atoms. The summed E-state index contributed by atoms with van der Waals surface area (Å²) in [6, 6.07) is 0.231. The molecule has 0 bridgehead atoms. The van der Waals surface area contributed by atoms with E-state index in [-0.39, 0.29) is 23.7 Å². The maximum atomic E-state index is 12.1. The lowest BCUT2D eigenvalue weighted by molar-refractivity contribution is -0.150. The summed E-state index contributed by atoms with van der Waals surface area (Å²) in [5.41, 5.74) is -0.778. The molecule has 0 radical (unpaired) electrons. The summed E-state index contributed by atoms with van der Waals surface area (Å²) >= 11 is 0. The summed E-state index contributed by atoms with van der Waals surface area (Å²) in [4.78, 5) is 14.5. The molecule has 0 aliphatic carbocycles. The minimum atomic E-state index is -0.644. The van der Waals surface area contributed by atoms with Crippen LogP contribution in [0.15, 0.2) is 0 Å². The molecule has 21 heavy (non-hydrogen) atoms. The fraction of sp³-hybridized carbons (Fsp3) is 0.938. The molecule has 1 heterocycles. The zero-order valence-corrected chi connectivity index (χ0v) is 14.7. The van der Waals surface area contributed by atoms with Gasteiger partial charge < -0.3 is 9.47 Å². The van der Waals surface area contributed by atoms with Crippen molar-refractivity contribution in [2.75, 3.05) is 26.7 Å². The van der Waals surface area contributed by atoms with Crippen LogP contribution in [0.1, 0.15) is 48.0 Å². The number of carbonyl (C=O) groups excluding carboxylic acids is 1. The monoisotopic (exact) mass is 300 g/mol. The van der Waals surface area contributed by atoms with Gasteiger partial charge in [0.15, 0.2) is 0 Å². The van der Waals surface area contributed by atoms with Crippen molar-refractivity contribution in [1.82, 2.24) is 10.2 Å². The number of hydrogen-bond acceptors (Lipinski definition) is 5. The SMILES string of the molecule is COC(=O)C(C)(CCN1CC(C)OC(C)(C)C1)NC(C)C. The van der Waals surface area contributed by atoms with Crippen molar-refractivity contribution >= 4 is 5.97 Å². The van der Waals surface area contributed by atoms with E-state index in [9.17, 15) is 4.79 Å². The van der Waals surface area contributed by atoms with E-state index >= 15 is 0 Å². The maximum Gasteiger partial charge on any atom is 0.325 e. The summed E-state index contributed by atoms with van der Waals surface area (Å²) in [7, 11) is 1.45. The van der Waals surface area contributed by atoms with Crippen LogP contribution in [-0.2, 0) is 14.3 Å². The van der Waals surface area contributed by atoms with E-state index in [1.165, 1.54) is 7.11 Å². The highest BCUT2D eigenvalue weighted by Crippen LogP contribution is 2.22. The first-order valence-electron chi connectivity index (χ1n) is 7.84. The van der Waals surface area contributed by atoms with Crippen LogP contribution in [0.3, 0.4) is 0 Å². The van der Waals surface area contributed by atoms with Crippen LogP contribution >= 0.6 is 0 Å². The number of ether oxygens (including phenoxy) is 2. The van der Waals surface area contributed by atoms with Crippen LogP contribution < -0.4 is 5.32 Å². The number of rotatable bonds is 6. The fourth-order valence-electron chi connectivity index (χ4n) is 3.23. The average Bonchev–Trinajstić information content (AvgIpc) is 2.32. The average molecular weight is 300 g/mol. The van der Waals surface area contributed by atoms with Gasteiger partial charge in [0, 0.05) is 25.7 Å². The molecule has 1 aliphatic rings. The molecule has 1 saturated heterocycles. The normalized spacial score (nSPS) is 25.6. The van der Waals surface area contributed by atoms with Crippen LogP contribution in [-0.4, -0.2) is 60.9 Å². The molecule has 0 amide bonds. The summed E-state index contributed by atoms with van der Waals surface area (Å²) in [6.45, 7) is 15.0. The number of esters is 1. The zero-order chi connectivity index (χ0) is 16.3. The minimum absolute atomic E-state index is 0.134. The Bertz CT molecular complexity index is 357. The van der Waals surface area contributed by atoms with Gasteiger partial charge in [-0.15, -0.1) is 0 Å². The first kappa shape index (κ1) is 18.4. The van der Waals surface area contributed by atoms with Gasteiger partial charge >= 0.3 is 5.97 Å². The van der Waals surface area contributed by atoms with Gasteiger partial charge in [-0.1, -0.05) is 0 Å². The van der Waals surface area contributed by atoms with Gasteiger partial charge in [-0.25, -0.2) is 0 Å². The van der Waals surface area contributed by atoms with Gasteiger partial charge in [0.1, 0.15) is 5.54 Å². The molecule has 0 aromatic heterocycles. The van der Waals surface area contributed by atoms with Crippen molar-refractivity contribution in [3.8, 4) is 0 Å².